The Kier molecular flexibility index (Phi) is 6.26. The second-order valence-electron chi connectivity index (χ2n) is 6.63. The maximum absolute atomic E-state index is 12.4. The van der Waals surface area contributed by atoms with Crippen LogP contribution in [0.1, 0.15) is 40.4 Å². The summed E-state index contributed by atoms with van der Waals surface area (Å²) in [4.78, 5) is 14.3. The molecule has 2 N–H and O–H groups in total. The van der Waals surface area contributed by atoms with E-state index in [1.165, 1.54) is 0 Å². The smallest absolute Gasteiger partial charge is 0.253 e. The lowest BCUT2D eigenvalue weighted by molar-refractivity contribution is 0.0510. The molecule has 1 saturated heterocycles. The number of rotatable bonds is 7. The molecule has 3 rings (SSSR count). The molecule has 2 aromatic carbocycles. The van der Waals surface area contributed by atoms with Gasteiger partial charge in [-0.3, -0.25) is 4.79 Å². The topological polar surface area (TPSA) is 64.8 Å². The predicted octanol–water partition coefficient (Wildman–Crippen LogP) is 3.15. The maximum Gasteiger partial charge on any atom is 0.253 e. The first-order valence-corrected chi connectivity index (χ1v) is 9.03. The van der Waals surface area contributed by atoms with Gasteiger partial charge in [0.25, 0.3) is 5.91 Å². The highest BCUT2D eigenvalue weighted by Crippen LogP contribution is 2.22. The van der Waals surface area contributed by atoms with E-state index in [4.69, 9.17) is 15.2 Å². The molecular weight excluding hydrogens is 328 g/mol. The molecule has 1 unspecified atom stereocenters. The van der Waals surface area contributed by atoms with Crippen molar-refractivity contribution in [2.45, 2.75) is 25.3 Å². The molecule has 0 spiro atoms. The molecule has 0 aliphatic carbocycles. The van der Waals surface area contributed by atoms with Gasteiger partial charge in [0.05, 0.1) is 0 Å². The largest absolute Gasteiger partial charge is 0.468 e. The monoisotopic (exact) mass is 354 g/mol. The van der Waals surface area contributed by atoms with E-state index in [1.54, 1.807) is 7.11 Å². The first-order chi connectivity index (χ1) is 12.7. The first kappa shape index (κ1) is 18.4. The summed E-state index contributed by atoms with van der Waals surface area (Å²) in [5, 5.41) is 0. The van der Waals surface area contributed by atoms with Crippen LogP contribution in [-0.4, -0.2) is 37.8 Å². The van der Waals surface area contributed by atoms with Crippen LogP contribution in [0.4, 0.5) is 0 Å². The summed E-state index contributed by atoms with van der Waals surface area (Å²) in [6, 6.07) is 15.4. The lowest BCUT2D eigenvalue weighted by Gasteiger charge is -2.16. The van der Waals surface area contributed by atoms with Crippen molar-refractivity contribution in [3.8, 4) is 5.75 Å². The minimum atomic E-state index is -0.138. The molecule has 1 aliphatic heterocycles. The predicted molar refractivity (Wildman–Crippen MR) is 101 cm³/mol. The molecule has 1 atom stereocenters. The van der Waals surface area contributed by atoms with E-state index < -0.39 is 0 Å². The number of hydrogen-bond acceptors (Lipinski definition) is 4. The Morgan fingerprint density at radius 2 is 1.88 bits per heavy atom. The zero-order valence-electron chi connectivity index (χ0n) is 15.2. The van der Waals surface area contributed by atoms with E-state index in [1.807, 2.05) is 53.4 Å². The van der Waals surface area contributed by atoms with Crippen LogP contribution in [0.15, 0.2) is 48.5 Å². The van der Waals surface area contributed by atoms with Gasteiger partial charge in [0, 0.05) is 31.8 Å². The summed E-state index contributed by atoms with van der Waals surface area (Å²) >= 11 is 0. The Balaban J connectivity index is 1.62. The summed E-state index contributed by atoms with van der Waals surface area (Å²) in [6.45, 7) is 1.95. The molecule has 0 saturated carbocycles. The Bertz CT molecular complexity index is 724. The number of likely N-dealkylation sites (tertiary alicyclic amines) is 1. The molecule has 0 bridgehead atoms. The quantitative estimate of drug-likeness (QED) is 0.776. The van der Waals surface area contributed by atoms with Gasteiger partial charge in [0.15, 0.2) is 6.79 Å². The minimum absolute atomic E-state index is 0.126. The molecule has 1 amide bonds. The molecular formula is C21H26N2O3. The van der Waals surface area contributed by atoms with Gasteiger partial charge in [0.2, 0.25) is 0 Å². The Morgan fingerprint density at radius 1 is 1.15 bits per heavy atom. The molecule has 138 valence electrons. The number of amides is 1. The van der Waals surface area contributed by atoms with Crippen molar-refractivity contribution in [2.75, 3.05) is 27.0 Å². The minimum Gasteiger partial charge on any atom is -0.468 e. The van der Waals surface area contributed by atoms with Crippen LogP contribution >= 0.6 is 0 Å². The zero-order valence-corrected chi connectivity index (χ0v) is 15.2. The van der Waals surface area contributed by atoms with Crippen molar-refractivity contribution in [1.29, 1.82) is 0 Å². The molecule has 1 aliphatic rings. The van der Waals surface area contributed by atoms with Gasteiger partial charge < -0.3 is 20.1 Å². The van der Waals surface area contributed by atoms with Crippen LogP contribution < -0.4 is 10.5 Å². The Labute approximate surface area is 154 Å². The summed E-state index contributed by atoms with van der Waals surface area (Å²) in [5.41, 5.74) is 9.23. The molecule has 0 radical (unpaired) electrons. The fraction of sp³-hybridized carbons (Fsp3) is 0.381. The number of nitrogens with zero attached hydrogens (tertiary/aromatic N) is 1. The lowest BCUT2D eigenvalue weighted by atomic mass is 9.98. The fourth-order valence-electron chi connectivity index (χ4n) is 3.22. The van der Waals surface area contributed by atoms with Crippen molar-refractivity contribution in [3.05, 3.63) is 65.2 Å². The third-order valence-electron chi connectivity index (χ3n) is 4.68. The molecule has 1 heterocycles. The number of nitrogens with two attached hydrogens (primary N) is 1. The van der Waals surface area contributed by atoms with E-state index in [0.717, 1.165) is 48.4 Å². The third kappa shape index (κ3) is 4.62. The van der Waals surface area contributed by atoms with Crippen molar-refractivity contribution in [1.82, 2.24) is 4.90 Å². The number of methoxy groups -OCH3 is 1. The van der Waals surface area contributed by atoms with E-state index in [0.29, 0.717) is 6.42 Å². The second-order valence-corrected chi connectivity index (χ2v) is 6.63. The molecule has 2 aromatic rings. The highest BCUT2D eigenvalue weighted by molar-refractivity contribution is 5.94. The van der Waals surface area contributed by atoms with Crippen molar-refractivity contribution in [2.24, 2.45) is 5.73 Å². The Morgan fingerprint density at radius 3 is 2.58 bits per heavy atom. The van der Waals surface area contributed by atoms with E-state index >= 15 is 0 Å². The van der Waals surface area contributed by atoms with Gasteiger partial charge in [-0.25, -0.2) is 0 Å². The van der Waals surface area contributed by atoms with Gasteiger partial charge in [-0.2, -0.15) is 0 Å². The van der Waals surface area contributed by atoms with Gasteiger partial charge in [0.1, 0.15) is 5.75 Å². The summed E-state index contributed by atoms with van der Waals surface area (Å²) in [7, 11) is 1.59. The van der Waals surface area contributed by atoms with Crippen LogP contribution in [0.25, 0.3) is 0 Å². The van der Waals surface area contributed by atoms with E-state index in [9.17, 15) is 4.79 Å². The average Bonchev–Trinajstić information content (AvgIpc) is 3.21. The molecule has 5 heteroatoms. The Hall–Kier alpha value is -2.37. The zero-order chi connectivity index (χ0) is 18.4. The summed E-state index contributed by atoms with van der Waals surface area (Å²) in [6.07, 6.45) is 2.91. The fourth-order valence-corrected chi connectivity index (χ4v) is 3.22. The van der Waals surface area contributed by atoms with Gasteiger partial charge >= 0.3 is 0 Å². The normalized spacial score (nSPS) is 15.1. The lowest BCUT2D eigenvalue weighted by Crippen LogP contribution is -2.27. The van der Waals surface area contributed by atoms with E-state index in [-0.39, 0.29) is 18.7 Å². The SMILES string of the molecule is COCOc1cccc(C(N)Cc2ccc(C(=O)N3CCCC3)cc2)c1. The van der Waals surface area contributed by atoms with Gasteiger partial charge in [-0.1, -0.05) is 24.3 Å². The van der Waals surface area contributed by atoms with Crippen molar-refractivity contribution >= 4 is 5.91 Å². The van der Waals surface area contributed by atoms with Crippen LogP contribution in [-0.2, 0) is 11.2 Å². The average molecular weight is 354 g/mol. The maximum atomic E-state index is 12.4. The number of ether oxygens (including phenoxy) is 2. The first-order valence-electron chi connectivity index (χ1n) is 9.03. The van der Waals surface area contributed by atoms with Crippen LogP contribution in [0, 0.1) is 0 Å². The van der Waals surface area contributed by atoms with Gasteiger partial charge in [-0.05, 0) is 54.7 Å². The van der Waals surface area contributed by atoms with Crippen molar-refractivity contribution < 1.29 is 14.3 Å². The second kappa shape index (κ2) is 8.83. The third-order valence-corrected chi connectivity index (χ3v) is 4.68. The van der Waals surface area contributed by atoms with Crippen LogP contribution in [0.2, 0.25) is 0 Å². The van der Waals surface area contributed by atoms with Crippen molar-refractivity contribution in [3.63, 3.8) is 0 Å². The summed E-state index contributed by atoms with van der Waals surface area (Å²) < 4.78 is 10.4. The number of hydrogen-bond donors (Lipinski definition) is 1. The van der Waals surface area contributed by atoms with Gasteiger partial charge in [-0.15, -0.1) is 0 Å². The molecule has 26 heavy (non-hydrogen) atoms. The van der Waals surface area contributed by atoms with Crippen LogP contribution in [0.3, 0.4) is 0 Å². The highest BCUT2D eigenvalue weighted by Gasteiger charge is 2.19. The number of benzene rings is 2. The standard InChI is InChI=1S/C21H26N2O3/c1-25-15-26-19-6-4-5-18(14-19)20(22)13-16-7-9-17(10-8-16)21(24)23-11-2-3-12-23/h4-10,14,20H,2-3,11-13,15,22H2,1H3. The summed E-state index contributed by atoms with van der Waals surface area (Å²) in [5.74, 6) is 0.868. The van der Waals surface area contributed by atoms with Crippen LogP contribution in [0.5, 0.6) is 5.75 Å². The molecule has 5 nitrogen and oxygen atoms in total. The highest BCUT2D eigenvalue weighted by atomic mass is 16.7. The molecule has 0 aromatic heterocycles. The number of carbonyl (C=O) groups is 1. The number of carbonyl (C=O) groups excluding carboxylic acids is 1. The van der Waals surface area contributed by atoms with E-state index in [2.05, 4.69) is 0 Å². The molecule has 1 fully saturated rings.